The van der Waals surface area contributed by atoms with Crippen LogP contribution in [0.1, 0.15) is 48.0 Å². The number of nitrogens with one attached hydrogen (secondary N) is 1. The maximum atomic E-state index is 12.9. The molecule has 3 heterocycles. The summed E-state index contributed by atoms with van der Waals surface area (Å²) in [6.45, 7) is 4.10. The molecule has 3 unspecified atom stereocenters. The number of halogens is 1. The molecular weight excluding hydrogens is 324 g/mol. The minimum absolute atomic E-state index is 0.0281. The van der Waals surface area contributed by atoms with E-state index in [-0.39, 0.29) is 11.9 Å². The molecule has 1 amide bonds. The first-order chi connectivity index (χ1) is 11.7. The summed E-state index contributed by atoms with van der Waals surface area (Å²) in [5.74, 6) is 1.30. The predicted octanol–water partition coefficient (Wildman–Crippen LogP) is 3.27. The van der Waals surface area contributed by atoms with Gasteiger partial charge in [0.1, 0.15) is 5.75 Å². The highest BCUT2D eigenvalue weighted by Gasteiger charge is 2.33. The molecule has 0 aliphatic carbocycles. The molecule has 5 heteroatoms. The summed E-state index contributed by atoms with van der Waals surface area (Å²) in [7, 11) is 0. The molecule has 3 aliphatic rings. The molecule has 0 spiro atoms. The number of nitrogens with zero attached hydrogens (tertiary/aromatic N) is 1. The number of carbonyl (C=O) groups is 1. The minimum Gasteiger partial charge on any atom is -0.492 e. The summed E-state index contributed by atoms with van der Waals surface area (Å²) in [4.78, 5) is 15.5. The van der Waals surface area contributed by atoms with E-state index in [4.69, 9.17) is 16.3 Å². The molecule has 24 heavy (non-hydrogen) atoms. The van der Waals surface area contributed by atoms with Crippen LogP contribution in [0, 0.1) is 5.92 Å². The largest absolute Gasteiger partial charge is 0.492 e. The van der Waals surface area contributed by atoms with Crippen LogP contribution in [0.15, 0.2) is 12.1 Å². The van der Waals surface area contributed by atoms with E-state index in [9.17, 15) is 4.79 Å². The van der Waals surface area contributed by atoms with Gasteiger partial charge in [-0.25, -0.2) is 0 Å². The third-order valence-electron chi connectivity index (χ3n) is 5.65. The Morgan fingerprint density at radius 3 is 3.04 bits per heavy atom. The van der Waals surface area contributed by atoms with E-state index in [1.165, 1.54) is 19.4 Å². The van der Waals surface area contributed by atoms with Gasteiger partial charge in [0.25, 0.3) is 5.91 Å². The van der Waals surface area contributed by atoms with E-state index in [2.05, 4.69) is 10.2 Å². The van der Waals surface area contributed by atoms with Gasteiger partial charge >= 0.3 is 0 Å². The van der Waals surface area contributed by atoms with E-state index >= 15 is 0 Å². The third kappa shape index (κ3) is 3.27. The van der Waals surface area contributed by atoms with Gasteiger partial charge in [-0.1, -0.05) is 11.6 Å². The molecule has 1 aromatic rings. The first-order valence-corrected chi connectivity index (χ1v) is 9.57. The topological polar surface area (TPSA) is 41.6 Å². The second-order valence-electron chi connectivity index (χ2n) is 7.32. The number of hydrogen-bond acceptors (Lipinski definition) is 3. The van der Waals surface area contributed by atoms with Gasteiger partial charge in [0.05, 0.1) is 12.2 Å². The van der Waals surface area contributed by atoms with E-state index in [1.54, 1.807) is 6.07 Å². The zero-order chi connectivity index (χ0) is 16.5. The van der Waals surface area contributed by atoms with Gasteiger partial charge < -0.3 is 15.0 Å². The second kappa shape index (κ2) is 6.93. The Morgan fingerprint density at radius 1 is 1.21 bits per heavy atom. The number of hydrogen-bond donors (Lipinski definition) is 1. The van der Waals surface area contributed by atoms with Crippen LogP contribution in [0.25, 0.3) is 0 Å². The molecule has 0 aromatic heterocycles. The van der Waals surface area contributed by atoms with Gasteiger partial charge in [-0.3, -0.25) is 4.79 Å². The van der Waals surface area contributed by atoms with E-state index in [0.29, 0.717) is 23.1 Å². The lowest BCUT2D eigenvalue weighted by atomic mass is 9.85. The molecule has 1 aromatic carbocycles. The van der Waals surface area contributed by atoms with Crippen molar-refractivity contribution in [1.82, 2.24) is 10.2 Å². The first kappa shape index (κ1) is 16.2. The zero-order valence-electron chi connectivity index (χ0n) is 14.0. The van der Waals surface area contributed by atoms with Crippen LogP contribution in [0.4, 0.5) is 0 Å². The molecule has 0 saturated carbocycles. The van der Waals surface area contributed by atoms with Crippen molar-refractivity contribution >= 4 is 17.5 Å². The number of benzene rings is 1. The van der Waals surface area contributed by atoms with Crippen molar-refractivity contribution in [2.24, 2.45) is 5.92 Å². The van der Waals surface area contributed by atoms with Crippen molar-refractivity contribution < 1.29 is 9.53 Å². The Labute approximate surface area is 148 Å². The number of ether oxygens (including phenoxy) is 1. The lowest BCUT2D eigenvalue weighted by Crippen LogP contribution is -2.53. The Hall–Kier alpha value is -1.26. The van der Waals surface area contributed by atoms with Gasteiger partial charge in [-0.2, -0.15) is 0 Å². The van der Waals surface area contributed by atoms with Crippen molar-refractivity contribution in [2.45, 2.75) is 44.6 Å². The van der Waals surface area contributed by atoms with Crippen LogP contribution in [0.3, 0.4) is 0 Å². The Balaban J connectivity index is 1.55. The maximum Gasteiger partial charge on any atom is 0.255 e. The third-order valence-corrected chi connectivity index (χ3v) is 5.86. The lowest BCUT2D eigenvalue weighted by Gasteiger charge is -2.42. The lowest BCUT2D eigenvalue weighted by molar-refractivity contribution is 0.0736. The summed E-state index contributed by atoms with van der Waals surface area (Å²) in [6.07, 6.45) is 6.53. The van der Waals surface area contributed by atoms with Gasteiger partial charge in [-0.15, -0.1) is 0 Å². The highest BCUT2D eigenvalue weighted by Crippen LogP contribution is 2.33. The van der Waals surface area contributed by atoms with Crippen molar-refractivity contribution in [1.29, 1.82) is 0 Å². The molecule has 2 bridgehead atoms. The zero-order valence-corrected chi connectivity index (χ0v) is 14.8. The average molecular weight is 349 g/mol. The van der Waals surface area contributed by atoms with Crippen molar-refractivity contribution in [3.05, 3.63) is 28.3 Å². The summed E-state index contributed by atoms with van der Waals surface area (Å²) in [6, 6.07) is 3.98. The molecular formula is C19H25ClN2O2. The number of rotatable bonds is 2. The summed E-state index contributed by atoms with van der Waals surface area (Å²) >= 11 is 6.26. The normalized spacial score (nSPS) is 29.1. The Morgan fingerprint density at radius 2 is 2.12 bits per heavy atom. The monoisotopic (exact) mass is 348 g/mol. The first-order valence-electron chi connectivity index (χ1n) is 9.19. The number of piperidine rings is 2. The van der Waals surface area contributed by atoms with Crippen molar-refractivity contribution in [3.8, 4) is 5.75 Å². The second-order valence-corrected chi connectivity index (χ2v) is 7.76. The Bertz CT molecular complexity index is 634. The van der Waals surface area contributed by atoms with Gasteiger partial charge in [0.2, 0.25) is 0 Å². The molecule has 130 valence electrons. The number of aryl methyl sites for hydroxylation is 1. The van der Waals surface area contributed by atoms with Gasteiger partial charge in [0, 0.05) is 24.2 Å². The van der Waals surface area contributed by atoms with Gasteiger partial charge in [0.15, 0.2) is 0 Å². The summed E-state index contributed by atoms with van der Waals surface area (Å²) in [5.41, 5.74) is 1.68. The van der Waals surface area contributed by atoms with E-state index in [0.717, 1.165) is 50.1 Å². The highest BCUT2D eigenvalue weighted by atomic mass is 35.5. The predicted molar refractivity (Wildman–Crippen MR) is 94.9 cm³/mol. The number of amides is 1. The summed E-state index contributed by atoms with van der Waals surface area (Å²) in [5, 5.41) is 3.91. The molecule has 3 atom stereocenters. The van der Waals surface area contributed by atoms with Crippen molar-refractivity contribution in [2.75, 3.05) is 26.2 Å². The standard InChI is InChI=1S/C19H25ClN2O2/c20-15-10-13-4-1-2-9-24-18(13)16(11-15)19(23)21-17-6-8-22-7-3-5-14(17)12-22/h10-11,14,17H,1-9,12H2,(H,21,23). The molecule has 4 nitrogen and oxygen atoms in total. The smallest absolute Gasteiger partial charge is 0.255 e. The Kier molecular flexibility index (Phi) is 4.68. The van der Waals surface area contributed by atoms with Crippen LogP contribution in [-0.2, 0) is 6.42 Å². The SMILES string of the molecule is O=C(NC1CCN2CCCC1C2)c1cc(Cl)cc2c1OCCCC2. The average Bonchev–Trinajstić information content (AvgIpc) is 2.82. The van der Waals surface area contributed by atoms with Crippen LogP contribution in [0.2, 0.25) is 5.02 Å². The maximum absolute atomic E-state index is 12.9. The van der Waals surface area contributed by atoms with Gasteiger partial charge in [-0.05, 0) is 68.7 Å². The fourth-order valence-electron chi connectivity index (χ4n) is 4.38. The van der Waals surface area contributed by atoms with E-state index in [1.807, 2.05) is 6.07 Å². The molecule has 4 rings (SSSR count). The summed E-state index contributed by atoms with van der Waals surface area (Å²) < 4.78 is 5.90. The fourth-order valence-corrected chi connectivity index (χ4v) is 4.62. The van der Waals surface area contributed by atoms with Crippen LogP contribution in [0.5, 0.6) is 5.75 Å². The van der Waals surface area contributed by atoms with E-state index < -0.39 is 0 Å². The minimum atomic E-state index is -0.0281. The van der Waals surface area contributed by atoms with Crippen LogP contribution >= 0.6 is 11.6 Å². The molecule has 1 N–H and O–H groups in total. The fraction of sp³-hybridized carbons (Fsp3) is 0.632. The number of carbonyl (C=O) groups excluding carboxylic acids is 1. The highest BCUT2D eigenvalue weighted by molar-refractivity contribution is 6.31. The number of fused-ring (bicyclic) bond motifs is 3. The molecule has 3 aliphatic heterocycles. The van der Waals surface area contributed by atoms with Crippen LogP contribution < -0.4 is 10.1 Å². The molecule has 0 radical (unpaired) electrons. The van der Waals surface area contributed by atoms with Crippen LogP contribution in [-0.4, -0.2) is 43.1 Å². The molecule has 2 fully saturated rings. The molecule has 2 saturated heterocycles. The van der Waals surface area contributed by atoms with Crippen molar-refractivity contribution in [3.63, 3.8) is 0 Å². The quantitative estimate of drug-likeness (QED) is 0.891.